The lowest BCUT2D eigenvalue weighted by Crippen LogP contribution is -2.59. The molecule has 0 aliphatic heterocycles. The van der Waals surface area contributed by atoms with Gasteiger partial charge in [-0.15, -0.1) is 0 Å². The molecule has 0 saturated heterocycles. The van der Waals surface area contributed by atoms with Crippen molar-refractivity contribution in [1.82, 2.24) is 26.6 Å². The van der Waals surface area contributed by atoms with E-state index in [1.165, 1.54) is 13.8 Å². The number of hydrogen-bond donors (Lipinski definition) is 6. The predicted octanol–water partition coefficient (Wildman–Crippen LogP) is 2.22. The average molecular weight is 640 g/mol. The second kappa shape index (κ2) is 20.2. The maximum Gasteiger partial charge on any atom is 0.243 e. The normalized spacial score (nSPS) is 15.7. The highest BCUT2D eigenvalue weighted by Crippen LogP contribution is 2.14. The van der Waals surface area contributed by atoms with E-state index in [9.17, 15) is 33.9 Å². The van der Waals surface area contributed by atoms with Gasteiger partial charge in [-0.3, -0.25) is 28.8 Å². The molecule has 0 rings (SSSR count). The van der Waals surface area contributed by atoms with E-state index >= 15 is 0 Å². The Balaban J connectivity index is 5.55. The highest BCUT2D eigenvalue weighted by molar-refractivity contribution is 5.93. The first-order valence-electron chi connectivity index (χ1n) is 16.3. The Hall–Kier alpha value is -3.02. The molecule has 0 bridgehead atoms. The molecule has 12 nitrogen and oxygen atoms in total. The van der Waals surface area contributed by atoms with E-state index in [1.807, 2.05) is 55.4 Å². The molecule has 6 atom stereocenters. The number of carbonyl (C=O) groups is 6. The minimum atomic E-state index is -1.28. The second-order valence-corrected chi connectivity index (χ2v) is 14.2. The molecule has 5 amide bonds. The van der Waals surface area contributed by atoms with Gasteiger partial charge in [-0.1, -0.05) is 69.2 Å². The van der Waals surface area contributed by atoms with E-state index in [1.54, 1.807) is 13.8 Å². The summed E-state index contributed by atoms with van der Waals surface area (Å²) in [6.45, 7) is 21.6. The molecule has 0 aliphatic rings. The van der Waals surface area contributed by atoms with E-state index in [0.717, 1.165) is 0 Å². The van der Waals surface area contributed by atoms with Crippen LogP contribution in [0, 0.1) is 29.6 Å². The van der Waals surface area contributed by atoms with Gasteiger partial charge in [0.05, 0.1) is 24.6 Å². The van der Waals surface area contributed by atoms with Crippen LogP contribution in [0.25, 0.3) is 0 Å². The van der Waals surface area contributed by atoms with Crippen molar-refractivity contribution < 1.29 is 33.9 Å². The van der Waals surface area contributed by atoms with Crippen molar-refractivity contribution in [3.8, 4) is 0 Å². The summed E-state index contributed by atoms with van der Waals surface area (Å²) in [5, 5.41) is 24.6. The van der Waals surface area contributed by atoms with Crippen LogP contribution in [-0.4, -0.2) is 76.7 Å². The van der Waals surface area contributed by atoms with Crippen LogP contribution in [-0.2, 0) is 28.8 Å². The Bertz CT molecular complexity index is 996. The second-order valence-electron chi connectivity index (χ2n) is 14.2. The fourth-order valence-electron chi connectivity index (χ4n) is 4.80. The molecular weight excluding hydrogens is 578 g/mol. The Kier molecular flexibility index (Phi) is 18.8. The third kappa shape index (κ3) is 16.7. The topological polar surface area (TPSA) is 183 Å². The number of aliphatic hydroxyl groups excluding tert-OH is 1. The molecule has 0 radical (unpaired) electrons. The summed E-state index contributed by atoms with van der Waals surface area (Å²) >= 11 is 0. The van der Waals surface area contributed by atoms with Gasteiger partial charge in [0.15, 0.2) is 5.78 Å². The Morgan fingerprint density at radius 2 is 1.00 bits per heavy atom. The largest absolute Gasteiger partial charge is 0.390 e. The number of ketones is 1. The van der Waals surface area contributed by atoms with E-state index in [0.29, 0.717) is 12.8 Å². The van der Waals surface area contributed by atoms with Crippen LogP contribution < -0.4 is 26.6 Å². The van der Waals surface area contributed by atoms with Gasteiger partial charge in [0.1, 0.15) is 18.1 Å². The molecule has 0 spiro atoms. The zero-order chi connectivity index (χ0) is 35.2. The van der Waals surface area contributed by atoms with Gasteiger partial charge in [0.25, 0.3) is 0 Å². The highest BCUT2D eigenvalue weighted by atomic mass is 16.3. The number of carbonyl (C=O) groups excluding carboxylic acids is 6. The Morgan fingerprint density at radius 3 is 1.44 bits per heavy atom. The van der Waals surface area contributed by atoms with Gasteiger partial charge >= 0.3 is 0 Å². The molecular formula is C33H61N5O7. The average Bonchev–Trinajstić information content (AvgIpc) is 2.87. The van der Waals surface area contributed by atoms with Crippen LogP contribution in [0.4, 0.5) is 0 Å². The summed E-state index contributed by atoms with van der Waals surface area (Å²) in [6, 6.07) is -4.21. The molecule has 0 fully saturated rings. The van der Waals surface area contributed by atoms with E-state index in [2.05, 4.69) is 26.6 Å². The molecule has 12 heteroatoms. The number of nitrogens with one attached hydrogen (secondary N) is 5. The smallest absolute Gasteiger partial charge is 0.243 e. The zero-order valence-electron chi connectivity index (χ0n) is 29.6. The summed E-state index contributed by atoms with van der Waals surface area (Å²) in [6.07, 6.45) is -0.565. The van der Waals surface area contributed by atoms with Crippen LogP contribution in [0.15, 0.2) is 0 Å². The van der Waals surface area contributed by atoms with E-state index < -0.39 is 59.9 Å². The van der Waals surface area contributed by atoms with Crippen LogP contribution in [0.3, 0.4) is 0 Å². The molecule has 0 aromatic heterocycles. The monoisotopic (exact) mass is 639 g/mol. The SMILES string of the molecule is CC(=O)[C@@H](CC(C)C)NC(=O)[C@@H](C)NC(=O)C[C@H](O)[C@@H](CC(C)C)NC(=O)[C@H](NC(=O)[C@H](NC(=O)CC(C)C)C(C)C)C(C)C. The summed E-state index contributed by atoms with van der Waals surface area (Å²) in [4.78, 5) is 76.5. The van der Waals surface area contributed by atoms with Crippen molar-refractivity contribution in [3.05, 3.63) is 0 Å². The quantitative estimate of drug-likeness (QED) is 0.118. The summed E-state index contributed by atoms with van der Waals surface area (Å²) in [5.74, 6) is -2.72. The predicted molar refractivity (Wildman–Crippen MR) is 175 cm³/mol. The molecule has 0 aromatic carbocycles. The molecule has 260 valence electrons. The Morgan fingerprint density at radius 1 is 0.533 bits per heavy atom. The minimum Gasteiger partial charge on any atom is -0.390 e. The molecule has 0 aromatic rings. The standard InChI is InChI=1S/C33H61N5O7/c1-17(2)13-24(23(12)39)35-31(43)22(11)34-28(42)16-26(40)25(14-18(3)4)36-32(44)30(21(9)10)38-33(45)29(20(7)8)37-27(41)15-19(5)6/h17-22,24-26,29-30,40H,13-16H2,1-12H3,(H,34,42)(H,35,43)(H,36,44)(H,37,41)(H,38,45)/t22-,24-,25-,26+,29-,30-/m1/s1. The third-order valence-electron chi connectivity index (χ3n) is 7.30. The van der Waals surface area contributed by atoms with Gasteiger partial charge in [-0.05, 0) is 56.3 Å². The first-order chi connectivity index (χ1) is 20.7. The molecule has 0 heterocycles. The fraction of sp³-hybridized carbons (Fsp3) is 0.818. The summed E-state index contributed by atoms with van der Waals surface area (Å²) in [5.41, 5.74) is 0. The maximum atomic E-state index is 13.5. The van der Waals surface area contributed by atoms with Crippen molar-refractivity contribution in [1.29, 1.82) is 0 Å². The van der Waals surface area contributed by atoms with Crippen molar-refractivity contribution in [3.63, 3.8) is 0 Å². The van der Waals surface area contributed by atoms with Crippen LogP contribution in [0.2, 0.25) is 0 Å². The lowest BCUT2D eigenvalue weighted by molar-refractivity contribution is -0.134. The van der Waals surface area contributed by atoms with Crippen molar-refractivity contribution in [2.45, 2.75) is 145 Å². The van der Waals surface area contributed by atoms with E-state index in [-0.39, 0.29) is 54.1 Å². The molecule has 6 N–H and O–H groups in total. The number of amides is 5. The van der Waals surface area contributed by atoms with Crippen molar-refractivity contribution >= 4 is 35.3 Å². The number of rotatable bonds is 20. The van der Waals surface area contributed by atoms with Gasteiger partial charge in [0.2, 0.25) is 29.5 Å². The van der Waals surface area contributed by atoms with E-state index in [4.69, 9.17) is 0 Å². The van der Waals surface area contributed by atoms with Crippen molar-refractivity contribution in [2.75, 3.05) is 0 Å². The fourth-order valence-corrected chi connectivity index (χ4v) is 4.80. The van der Waals surface area contributed by atoms with Gasteiger partial charge in [-0.2, -0.15) is 0 Å². The van der Waals surface area contributed by atoms with Gasteiger partial charge in [-0.25, -0.2) is 0 Å². The first-order valence-corrected chi connectivity index (χ1v) is 16.3. The molecule has 45 heavy (non-hydrogen) atoms. The summed E-state index contributed by atoms with van der Waals surface area (Å²) < 4.78 is 0. The van der Waals surface area contributed by atoms with Gasteiger partial charge in [0, 0.05) is 6.42 Å². The van der Waals surface area contributed by atoms with Crippen LogP contribution in [0.5, 0.6) is 0 Å². The number of aliphatic hydroxyl groups is 1. The van der Waals surface area contributed by atoms with Crippen LogP contribution in [0.1, 0.15) is 109 Å². The Labute approximate surface area is 270 Å². The van der Waals surface area contributed by atoms with Crippen LogP contribution >= 0.6 is 0 Å². The van der Waals surface area contributed by atoms with Gasteiger partial charge < -0.3 is 31.7 Å². The number of Topliss-reactive ketones (excluding diaryl/α,β-unsaturated/α-hetero) is 1. The summed E-state index contributed by atoms with van der Waals surface area (Å²) in [7, 11) is 0. The molecule has 0 unspecified atom stereocenters. The lowest BCUT2D eigenvalue weighted by atomic mass is 9.95. The molecule has 0 aliphatic carbocycles. The number of hydrogen-bond acceptors (Lipinski definition) is 7. The lowest BCUT2D eigenvalue weighted by Gasteiger charge is -2.31. The zero-order valence-corrected chi connectivity index (χ0v) is 29.6. The first kappa shape index (κ1) is 42.0. The minimum absolute atomic E-state index is 0.0516. The third-order valence-corrected chi connectivity index (χ3v) is 7.30. The van der Waals surface area contributed by atoms with Crippen molar-refractivity contribution in [2.24, 2.45) is 29.6 Å². The molecule has 0 saturated carbocycles. The maximum absolute atomic E-state index is 13.5. The highest BCUT2D eigenvalue weighted by Gasteiger charge is 2.33.